The average Bonchev–Trinajstić information content (AvgIpc) is 2.26. The summed E-state index contributed by atoms with van der Waals surface area (Å²) in [7, 11) is 1.52. The fourth-order valence-electron chi connectivity index (χ4n) is 1.07. The molecule has 0 aliphatic rings. The maximum Gasteiger partial charge on any atom is 0.218 e. The first kappa shape index (κ1) is 12.7. The van der Waals surface area contributed by atoms with E-state index in [0.29, 0.717) is 17.5 Å². The lowest BCUT2D eigenvalue weighted by Gasteiger charge is -2.21. The molecule has 16 heavy (non-hydrogen) atoms. The largest absolute Gasteiger partial charge is 0.481 e. The monoisotopic (exact) mass is 227 g/mol. The van der Waals surface area contributed by atoms with Crippen LogP contribution in [0.2, 0.25) is 0 Å². The fraction of sp³-hybridized carbons (Fsp3) is 0.600. The van der Waals surface area contributed by atoms with E-state index in [4.69, 9.17) is 9.84 Å². The first-order valence-corrected chi connectivity index (χ1v) is 4.93. The fourth-order valence-corrected chi connectivity index (χ4v) is 1.07. The van der Waals surface area contributed by atoms with Crippen molar-refractivity contribution in [1.82, 2.24) is 9.97 Å². The molecule has 6 heteroatoms. The lowest BCUT2D eigenvalue weighted by molar-refractivity contribution is 0.0131. The maximum absolute atomic E-state index is 9.59. The second-order valence-electron chi connectivity index (χ2n) is 3.85. The van der Waals surface area contributed by atoms with Crippen molar-refractivity contribution in [3.63, 3.8) is 0 Å². The van der Waals surface area contributed by atoms with Gasteiger partial charge in [-0.25, -0.2) is 4.98 Å². The summed E-state index contributed by atoms with van der Waals surface area (Å²) >= 11 is 0. The summed E-state index contributed by atoms with van der Waals surface area (Å²) in [6, 6.07) is 1.63. The van der Waals surface area contributed by atoms with Crippen molar-refractivity contribution in [3.05, 3.63) is 11.9 Å². The first-order valence-electron chi connectivity index (χ1n) is 4.93. The molecule has 0 saturated carbocycles. The minimum Gasteiger partial charge on any atom is -0.481 e. The van der Waals surface area contributed by atoms with E-state index in [0.717, 1.165) is 0 Å². The van der Waals surface area contributed by atoms with Crippen molar-refractivity contribution in [2.24, 2.45) is 0 Å². The number of aliphatic hydroxyl groups is 2. The molecule has 0 bridgehead atoms. The van der Waals surface area contributed by atoms with E-state index in [1.165, 1.54) is 14.0 Å². The van der Waals surface area contributed by atoms with Crippen molar-refractivity contribution in [2.75, 3.05) is 25.6 Å². The number of anilines is 1. The zero-order valence-corrected chi connectivity index (χ0v) is 9.69. The van der Waals surface area contributed by atoms with E-state index in [-0.39, 0.29) is 13.2 Å². The third-order valence-corrected chi connectivity index (χ3v) is 2.01. The second kappa shape index (κ2) is 5.09. The molecule has 1 heterocycles. The number of nitrogens with one attached hydrogen (secondary N) is 1. The molecule has 1 unspecified atom stereocenters. The zero-order chi connectivity index (χ0) is 12.2. The minimum atomic E-state index is -1.17. The van der Waals surface area contributed by atoms with E-state index < -0.39 is 5.60 Å². The normalized spacial score (nSPS) is 14.3. The highest BCUT2D eigenvalue weighted by Crippen LogP contribution is 2.13. The molecule has 3 N–H and O–H groups in total. The Kier molecular flexibility index (Phi) is 4.03. The molecule has 1 aromatic heterocycles. The maximum atomic E-state index is 9.59. The van der Waals surface area contributed by atoms with Crippen LogP contribution in [0.25, 0.3) is 0 Å². The van der Waals surface area contributed by atoms with Crippen molar-refractivity contribution in [3.8, 4) is 5.88 Å². The van der Waals surface area contributed by atoms with Gasteiger partial charge >= 0.3 is 0 Å². The van der Waals surface area contributed by atoms with E-state index >= 15 is 0 Å². The molecule has 0 aliphatic heterocycles. The van der Waals surface area contributed by atoms with E-state index in [1.54, 1.807) is 13.0 Å². The summed E-state index contributed by atoms with van der Waals surface area (Å²) in [6.07, 6.45) is 0. The van der Waals surface area contributed by atoms with Gasteiger partial charge in [-0.3, -0.25) is 0 Å². The second-order valence-corrected chi connectivity index (χ2v) is 3.85. The molecular formula is C10H17N3O3. The number of aromatic nitrogens is 2. The van der Waals surface area contributed by atoms with Gasteiger partial charge in [0.25, 0.3) is 0 Å². The summed E-state index contributed by atoms with van der Waals surface area (Å²) in [6.45, 7) is 3.16. The number of aliphatic hydroxyl groups excluding tert-OH is 1. The highest BCUT2D eigenvalue weighted by molar-refractivity contribution is 5.38. The highest BCUT2D eigenvalue weighted by atomic mass is 16.5. The lowest BCUT2D eigenvalue weighted by atomic mass is 10.1. The summed E-state index contributed by atoms with van der Waals surface area (Å²) in [4.78, 5) is 8.16. The lowest BCUT2D eigenvalue weighted by Crippen LogP contribution is -2.37. The molecule has 90 valence electrons. The Bertz CT molecular complexity index is 355. The van der Waals surface area contributed by atoms with Crippen LogP contribution in [0.15, 0.2) is 6.07 Å². The Balaban J connectivity index is 2.70. The molecule has 0 radical (unpaired) electrons. The Morgan fingerprint density at radius 3 is 2.75 bits per heavy atom. The number of methoxy groups -OCH3 is 1. The van der Waals surface area contributed by atoms with Crippen LogP contribution >= 0.6 is 0 Å². The van der Waals surface area contributed by atoms with Gasteiger partial charge in [-0.2, -0.15) is 4.98 Å². The van der Waals surface area contributed by atoms with Crippen LogP contribution in [-0.4, -0.2) is 46.0 Å². The van der Waals surface area contributed by atoms with Gasteiger partial charge in [-0.05, 0) is 13.8 Å². The average molecular weight is 227 g/mol. The standard InChI is InChI=1S/C10H17N3O3/c1-7-12-8(4-9(13-7)16-3)11-5-10(2,15)6-14/h4,14-15H,5-6H2,1-3H3,(H,11,12,13). The number of rotatable bonds is 5. The number of hydrogen-bond donors (Lipinski definition) is 3. The first-order chi connectivity index (χ1) is 7.46. The van der Waals surface area contributed by atoms with Crippen molar-refractivity contribution >= 4 is 5.82 Å². The van der Waals surface area contributed by atoms with Gasteiger partial charge < -0.3 is 20.3 Å². The van der Waals surface area contributed by atoms with Gasteiger partial charge in [0.1, 0.15) is 17.2 Å². The van der Waals surface area contributed by atoms with Gasteiger partial charge in [0.05, 0.1) is 13.7 Å². The van der Waals surface area contributed by atoms with Gasteiger partial charge in [-0.1, -0.05) is 0 Å². The van der Waals surface area contributed by atoms with Crippen LogP contribution in [0.3, 0.4) is 0 Å². The van der Waals surface area contributed by atoms with Crippen LogP contribution < -0.4 is 10.1 Å². The number of aryl methyl sites for hydroxylation is 1. The molecule has 1 rings (SSSR count). The van der Waals surface area contributed by atoms with Crippen LogP contribution in [0, 0.1) is 6.92 Å². The van der Waals surface area contributed by atoms with Gasteiger partial charge in [0.15, 0.2) is 0 Å². The summed E-state index contributed by atoms with van der Waals surface area (Å²) < 4.78 is 4.99. The van der Waals surface area contributed by atoms with Crippen LogP contribution in [-0.2, 0) is 0 Å². The molecule has 0 spiro atoms. The molecule has 0 amide bonds. The molecule has 1 atom stereocenters. The predicted molar refractivity (Wildman–Crippen MR) is 59.5 cm³/mol. The van der Waals surface area contributed by atoms with Gasteiger partial charge in [0.2, 0.25) is 5.88 Å². The van der Waals surface area contributed by atoms with Crippen molar-refractivity contribution < 1.29 is 14.9 Å². The minimum absolute atomic E-state index is 0.198. The number of nitrogens with zero attached hydrogens (tertiary/aromatic N) is 2. The van der Waals surface area contributed by atoms with Crippen molar-refractivity contribution in [2.45, 2.75) is 19.4 Å². The smallest absolute Gasteiger partial charge is 0.218 e. The van der Waals surface area contributed by atoms with Gasteiger partial charge in [-0.15, -0.1) is 0 Å². The predicted octanol–water partition coefficient (Wildman–Crippen LogP) is -0.0512. The van der Waals surface area contributed by atoms with Crippen molar-refractivity contribution in [1.29, 1.82) is 0 Å². The van der Waals surface area contributed by atoms with E-state index in [2.05, 4.69) is 15.3 Å². The number of hydrogen-bond acceptors (Lipinski definition) is 6. The Morgan fingerprint density at radius 2 is 2.19 bits per heavy atom. The molecule has 6 nitrogen and oxygen atoms in total. The topological polar surface area (TPSA) is 87.5 Å². The third kappa shape index (κ3) is 3.63. The Labute approximate surface area is 94.3 Å². The molecule has 0 aromatic carbocycles. The third-order valence-electron chi connectivity index (χ3n) is 2.01. The number of ether oxygens (including phenoxy) is 1. The zero-order valence-electron chi connectivity index (χ0n) is 9.69. The van der Waals surface area contributed by atoms with Crippen LogP contribution in [0.4, 0.5) is 5.82 Å². The van der Waals surface area contributed by atoms with Gasteiger partial charge in [0, 0.05) is 12.6 Å². The SMILES string of the molecule is COc1cc(NCC(C)(O)CO)nc(C)n1. The molecule has 0 saturated heterocycles. The van der Waals surface area contributed by atoms with E-state index in [1.807, 2.05) is 0 Å². The summed E-state index contributed by atoms with van der Waals surface area (Å²) in [5, 5.41) is 21.4. The molecule has 0 fully saturated rings. The molecular weight excluding hydrogens is 210 g/mol. The van der Waals surface area contributed by atoms with Crippen LogP contribution in [0.5, 0.6) is 5.88 Å². The molecule has 0 aliphatic carbocycles. The quantitative estimate of drug-likeness (QED) is 0.653. The summed E-state index contributed by atoms with van der Waals surface area (Å²) in [5.74, 6) is 1.59. The summed E-state index contributed by atoms with van der Waals surface area (Å²) in [5.41, 5.74) is -1.17. The van der Waals surface area contributed by atoms with E-state index in [9.17, 15) is 5.11 Å². The van der Waals surface area contributed by atoms with Crippen LogP contribution in [0.1, 0.15) is 12.7 Å². The molecule has 1 aromatic rings. The Morgan fingerprint density at radius 1 is 1.50 bits per heavy atom. The highest BCUT2D eigenvalue weighted by Gasteiger charge is 2.18. The Hall–Kier alpha value is -1.40.